The first-order chi connectivity index (χ1) is 8.71. The van der Waals surface area contributed by atoms with Crippen LogP contribution in [0.5, 0.6) is 0 Å². The molecule has 94 valence electrons. The van der Waals surface area contributed by atoms with E-state index in [9.17, 15) is 0 Å². The highest BCUT2D eigenvalue weighted by molar-refractivity contribution is 5.85. The van der Waals surface area contributed by atoms with Crippen LogP contribution in [-0.4, -0.2) is 4.98 Å². The van der Waals surface area contributed by atoms with Crippen molar-refractivity contribution < 1.29 is 0 Å². The summed E-state index contributed by atoms with van der Waals surface area (Å²) < 4.78 is 0. The lowest BCUT2D eigenvalue weighted by Crippen LogP contribution is -2.38. The highest BCUT2D eigenvalue weighted by Crippen LogP contribution is 2.37. The summed E-state index contributed by atoms with van der Waals surface area (Å²) in [5.41, 5.74) is 10.1. The number of benzene rings is 1. The molecule has 1 aromatic carbocycles. The third-order valence-corrected chi connectivity index (χ3v) is 4.25. The van der Waals surface area contributed by atoms with Gasteiger partial charge in [-0.05, 0) is 37.0 Å². The predicted molar refractivity (Wildman–Crippen MR) is 75.4 cm³/mol. The van der Waals surface area contributed by atoms with Gasteiger partial charge < -0.3 is 5.73 Å². The summed E-state index contributed by atoms with van der Waals surface area (Å²) >= 11 is 0. The zero-order chi connectivity index (χ0) is 12.6. The Balaban J connectivity index is 2.20. The maximum absolute atomic E-state index is 6.67. The van der Waals surface area contributed by atoms with E-state index < -0.39 is 0 Å². The van der Waals surface area contributed by atoms with Gasteiger partial charge in [0.1, 0.15) is 0 Å². The number of pyridine rings is 1. The highest BCUT2D eigenvalue weighted by atomic mass is 14.8. The monoisotopic (exact) mass is 240 g/mol. The molecule has 18 heavy (non-hydrogen) atoms. The minimum absolute atomic E-state index is 0.146. The van der Waals surface area contributed by atoms with E-state index in [1.54, 1.807) is 0 Å². The van der Waals surface area contributed by atoms with Gasteiger partial charge in [0.25, 0.3) is 0 Å². The van der Waals surface area contributed by atoms with Crippen molar-refractivity contribution in [2.24, 2.45) is 5.73 Å². The van der Waals surface area contributed by atoms with Crippen LogP contribution in [0, 0.1) is 6.92 Å². The van der Waals surface area contributed by atoms with Crippen LogP contribution in [0.2, 0.25) is 0 Å². The smallest absolute Gasteiger partial charge is 0.0734 e. The summed E-state index contributed by atoms with van der Waals surface area (Å²) in [6.45, 7) is 2.11. The molecule has 0 atom stereocenters. The van der Waals surface area contributed by atoms with Gasteiger partial charge in [-0.15, -0.1) is 0 Å². The number of hydrogen-bond donors (Lipinski definition) is 1. The van der Waals surface area contributed by atoms with Crippen LogP contribution in [0.4, 0.5) is 0 Å². The van der Waals surface area contributed by atoms with Gasteiger partial charge in [0.2, 0.25) is 0 Å². The average Bonchev–Trinajstić information content (AvgIpc) is 2.39. The summed E-state index contributed by atoms with van der Waals surface area (Å²) in [6, 6.07) is 8.50. The Morgan fingerprint density at radius 1 is 1.11 bits per heavy atom. The first kappa shape index (κ1) is 11.7. The first-order valence-corrected chi connectivity index (χ1v) is 6.84. The van der Waals surface area contributed by atoms with Gasteiger partial charge in [-0.25, -0.2) is 0 Å². The minimum atomic E-state index is -0.146. The standard InChI is InChI=1S/C16H20N2/c1-12-6-5-7-13-14(8-11-18-15(12)13)16(17)9-3-2-4-10-16/h5-8,11H,2-4,9-10,17H2,1H3. The van der Waals surface area contributed by atoms with Crippen molar-refractivity contribution in [3.63, 3.8) is 0 Å². The number of para-hydroxylation sites is 1. The number of hydrogen-bond acceptors (Lipinski definition) is 2. The van der Waals surface area contributed by atoms with Gasteiger partial charge in [0.15, 0.2) is 0 Å². The molecule has 0 bridgehead atoms. The lowest BCUT2D eigenvalue weighted by molar-refractivity contribution is 0.304. The Morgan fingerprint density at radius 2 is 1.89 bits per heavy atom. The molecule has 3 rings (SSSR count). The van der Waals surface area contributed by atoms with Gasteiger partial charge in [0, 0.05) is 17.1 Å². The van der Waals surface area contributed by atoms with E-state index in [2.05, 4.69) is 36.2 Å². The van der Waals surface area contributed by atoms with Gasteiger partial charge in [-0.2, -0.15) is 0 Å². The molecular weight excluding hydrogens is 220 g/mol. The Kier molecular flexibility index (Phi) is 2.83. The molecule has 1 heterocycles. The van der Waals surface area contributed by atoms with E-state index in [0.717, 1.165) is 18.4 Å². The van der Waals surface area contributed by atoms with Crippen LogP contribution >= 0.6 is 0 Å². The van der Waals surface area contributed by atoms with E-state index in [-0.39, 0.29) is 5.54 Å². The number of fused-ring (bicyclic) bond motifs is 1. The minimum Gasteiger partial charge on any atom is -0.321 e. The average molecular weight is 240 g/mol. The fourth-order valence-electron chi connectivity index (χ4n) is 3.21. The molecule has 2 aromatic rings. The van der Waals surface area contributed by atoms with Gasteiger partial charge in [0.05, 0.1) is 5.52 Å². The largest absolute Gasteiger partial charge is 0.321 e. The number of nitrogens with zero attached hydrogens (tertiary/aromatic N) is 1. The Bertz CT molecular complexity index is 568. The van der Waals surface area contributed by atoms with Crippen molar-refractivity contribution in [3.05, 3.63) is 41.6 Å². The maximum Gasteiger partial charge on any atom is 0.0734 e. The molecule has 2 N–H and O–H groups in total. The SMILES string of the molecule is Cc1cccc2c(C3(N)CCCCC3)ccnc12. The van der Waals surface area contributed by atoms with Crippen molar-refractivity contribution in [1.29, 1.82) is 0 Å². The molecule has 1 aliphatic carbocycles. The second-order valence-electron chi connectivity index (χ2n) is 5.55. The molecule has 1 saturated carbocycles. The van der Waals surface area contributed by atoms with E-state index in [1.807, 2.05) is 6.20 Å². The molecule has 0 spiro atoms. The van der Waals surface area contributed by atoms with Gasteiger partial charge in [-0.3, -0.25) is 4.98 Å². The molecular formula is C16H20N2. The summed E-state index contributed by atoms with van der Waals surface area (Å²) in [4.78, 5) is 4.51. The van der Waals surface area contributed by atoms with Crippen molar-refractivity contribution in [3.8, 4) is 0 Å². The second kappa shape index (κ2) is 4.36. The molecule has 1 fully saturated rings. The quantitative estimate of drug-likeness (QED) is 0.826. The van der Waals surface area contributed by atoms with Crippen molar-refractivity contribution >= 4 is 10.9 Å². The summed E-state index contributed by atoms with van der Waals surface area (Å²) in [5.74, 6) is 0. The van der Waals surface area contributed by atoms with Crippen LogP contribution in [0.1, 0.15) is 43.2 Å². The van der Waals surface area contributed by atoms with Crippen LogP contribution < -0.4 is 5.73 Å². The van der Waals surface area contributed by atoms with Gasteiger partial charge in [-0.1, -0.05) is 37.5 Å². The fraction of sp³-hybridized carbons (Fsp3) is 0.438. The molecule has 0 amide bonds. The zero-order valence-electron chi connectivity index (χ0n) is 10.9. The zero-order valence-corrected chi connectivity index (χ0v) is 10.9. The lowest BCUT2D eigenvalue weighted by Gasteiger charge is -2.34. The van der Waals surface area contributed by atoms with Crippen molar-refractivity contribution in [2.45, 2.75) is 44.6 Å². The van der Waals surface area contributed by atoms with E-state index in [0.29, 0.717) is 0 Å². The molecule has 1 aliphatic rings. The van der Waals surface area contributed by atoms with Crippen LogP contribution in [0.3, 0.4) is 0 Å². The Labute approximate surface area is 108 Å². The van der Waals surface area contributed by atoms with Crippen molar-refractivity contribution in [2.75, 3.05) is 0 Å². The summed E-state index contributed by atoms with van der Waals surface area (Å²) in [5, 5.41) is 1.24. The third-order valence-electron chi connectivity index (χ3n) is 4.25. The number of aromatic nitrogens is 1. The molecule has 0 aliphatic heterocycles. The molecule has 0 unspecified atom stereocenters. The number of nitrogens with two attached hydrogens (primary N) is 1. The molecule has 0 saturated heterocycles. The summed E-state index contributed by atoms with van der Waals surface area (Å²) in [6.07, 6.45) is 7.91. The van der Waals surface area contributed by atoms with E-state index in [4.69, 9.17) is 5.73 Å². The van der Waals surface area contributed by atoms with Crippen LogP contribution in [0.25, 0.3) is 10.9 Å². The first-order valence-electron chi connectivity index (χ1n) is 6.84. The Morgan fingerprint density at radius 3 is 2.67 bits per heavy atom. The highest BCUT2D eigenvalue weighted by Gasteiger charge is 2.30. The normalized spacial score (nSPS) is 19.0. The third kappa shape index (κ3) is 1.81. The lowest BCUT2D eigenvalue weighted by atomic mass is 9.76. The van der Waals surface area contributed by atoms with Gasteiger partial charge >= 0.3 is 0 Å². The maximum atomic E-state index is 6.67. The number of aryl methyl sites for hydroxylation is 1. The van der Waals surface area contributed by atoms with E-state index in [1.165, 1.54) is 35.8 Å². The van der Waals surface area contributed by atoms with Crippen LogP contribution in [-0.2, 0) is 5.54 Å². The summed E-state index contributed by atoms with van der Waals surface area (Å²) in [7, 11) is 0. The van der Waals surface area contributed by atoms with E-state index >= 15 is 0 Å². The molecule has 1 aromatic heterocycles. The fourth-order valence-corrected chi connectivity index (χ4v) is 3.21. The predicted octanol–water partition coefficient (Wildman–Crippen LogP) is 3.66. The van der Waals surface area contributed by atoms with Crippen LogP contribution in [0.15, 0.2) is 30.5 Å². The topological polar surface area (TPSA) is 38.9 Å². The Hall–Kier alpha value is -1.41. The number of rotatable bonds is 1. The van der Waals surface area contributed by atoms with Crippen molar-refractivity contribution in [1.82, 2.24) is 4.98 Å². The molecule has 0 radical (unpaired) electrons. The molecule has 2 nitrogen and oxygen atoms in total. The molecule has 2 heteroatoms. The second-order valence-corrected chi connectivity index (χ2v) is 5.55.